The second kappa shape index (κ2) is 7.17. The maximum Gasteiger partial charge on any atom is 0.360 e. The fourth-order valence-electron chi connectivity index (χ4n) is 2.62. The number of esters is 1. The molecule has 2 aromatic rings. The van der Waals surface area contributed by atoms with Gasteiger partial charge in [0.2, 0.25) is 0 Å². The molecule has 0 saturated carbocycles. The molecule has 3 rings (SSSR count). The number of nitrogens with zero attached hydrogens (tertiary/aromatic N) is 4. The predicted octanol–water partition coefficient (Wildman–Crippen LogP) is 2.48. The van der Waals surface area contributed by atoms with Crippen molar-refractivity contribution >= 4 is 5.97 Å². The number of ether oxygens (including phenoxy) is 1. The quantitative estimate of drug-likeness (QED) is 0.626. The van der Waals surface area contributed by atoms with E-state index in [4.69, 9.17) is 4.74 Å². The summed E-state index contributed by atoms with van der Waals surface area (Å²) in [5.74, 6) is 0.499. The Kier molecular flexibility index (Phi) is 4.80. The van der Waals surface area contributed by atoms with Gasteiger partial charge in [-0.15, -0.1) is 5.10 Å². The van der Waals surface area contributed by atoms with Crippen LogP contribution in [0.25, 0.3) is 0 Å². The SMILES string of the molecule is C[C@H]1CC=CC[C@H]1COC(=O)c1cn(Cc2ccccn2)nn1. The van der Waals surface area contributed by atoms with Crippen molar-refractivity contribution in [3.8, 4) is 0 Å². The maximum atomic E-state index is 12.1. The van der Waals surface area contributed by atoms with Crippen molar-refractivity contribution in [2.75, 3.05) is 6.61 Å². The first-order chi connectivity index (χ1) is 11.2. The summed E-state index contributed by atoms with van der Waals surface area (Å²) in [4.78, 5) is 16.3. The van der Waals surface area contributed by atoms with Crippen LogP contribution in [0.1, 0.15) is 35.9 Å². The zero-order valence-corrected chi connectivity index (χ0v) is 13.1. The van der Waals surface area contributed by atoms with Crippen LogP contribution in [0.3, 0.4) is 0 Å². The molecule has 0 spiro atoms. The molecule has 0 aromatic carbocycles. The summed E-state index contributed by atoms with van der Waals surface area (Å²) in [5, 5.41) is 7.85. The Labute approximate surface area is 135 Å². The maximum absolute atomic E-state index is 12.1. The monoisotopic (exact) mass is 312 g/mol. The molecule has 0 fully saturated rings. The van der Waals surface area contributed by atoms with Crippen LogP contribution in [0, 0.1) is 11.8 Å². The molecule has 120 valence electrons. The number of pyridine rings is 1. The summed E-state index contributed by atoms with van der Waals surface area (Å²) in [6.07, 6.45) is 9.67. The van der Waals surface area contributed by atoms with Crippen LogP contribution in [0.4, 0.5) is 0 Å². The molecule has 0 bridgehead atoms. The van der Waals surface area contributed by atoms with Gasteiger partial charge in [-0.2, -0.15) is 0 Å². The summed E-state index contributed by atoms with van der Waals surface area (Å²) in [6.45, 7) is 3.09. The molecule has 0 aliphatic heterocycles. The fourth-order valence-corrected chi connectivity index (χ4v) is 2.62. The van der Waals surface area contributed by atoms with Gasteiger partial charge >= 0.3 is 5.97 Å². The minimum Gasteiger partial charge on any atom is -0.461 e. The molecule has 6 nitrogen and oxygen atoms in total. The molecule has 2 atom stereocenters. The van der Waals surface area contributed by atoms with Gasteiger partial charge in [-0.3, -0.25) is 4.98 Å². The topological polar surface area (TPSA) is 69.9 Å². The second-order valence-electron chi connectivity index (χ2n) is 5.90. The van der Waals surface area contributed by atoms with E-state index in [-0.39, 0.29) is 5.69 Å². The summed E-state index contributed by atoms with van der Waals surface area (Å²) in [5.41, 5.74) is 1.10. The van der Waals surface area contributed by atoms with Gasteiger partial charge in [0, 0.05) is 6.20 Å². The van der Waals surface area contributed by atoms with E-state index in [1.807, 2.05) is 18.2 Å². The Balaban J connectivity index is 1.55. The highest BCUT2D eigenvalue weighted by Crippen LogP contribution is 2.25. The lowest BCUT2D eigenvalue weighted by molar-refractivity contribution is 0.0388. The third kappa shape index (κ3) is 4.03. The third-order valence-corrected chi connectivity index (χ3v) is 4.14. The Morgan fingerprint density at radius 2 is 2.22 bits per heavy atom. The molecule has 0 unspecified atom stereocenters. The van der Waals surface area contributed by atoms with E-state index in [2.05, 4.69) is 34.4 Å². The predicted molar refractivity (Wildman–Crippen MR) is 84.7 cm³/mol. The van der Waals surface area contributed by atoms with Gasteiger partial charge in [-0.25, -0.2) is 9.48 Å². The molecule has 0 saturated heterocycles. The first-order valence-corrected chi connectivity index (χ1v) is 7.84. The lowest BCUT2D eigenvalue weighted by Gasteiger charge is -2.24. The molecule has 1 aliphatic carbocycles. The van der Waals surface area contributed by atoms with Gasteiger partial charge < -0.3 is 4.74 Å². The van der Waals surface area contributed by atoms with Gasteiger partial charge in [0.1, 0.15) is 0 Å². The molecule has 2 aromatic heterocycles. The second-order valence-corrected chi connectivity index (χ2v) is 5.90. The molecule has 6 heteroatoms. The average molecular weight is 312 g/mol. The molecule has 0 amide bonds. The van der Waals surface area contributed by atoms with E-state index in [1.165, 1.54) is 0 Å². The normalized spacial score (nSPS) is 20.4. The zero-order chi connectivity index (χ0) is 16.1. The van der Waals surface area contributed by atoms with Gasteiger partial charge in [0.05, 0.1) is 25.0 Å². The van der Waals surface area contributed by atoms with Crippen molar-refractivity contribution in [3.05, 3.63) is 54.1 Å². The van der Waals surface area contributed by atoms with Crippen molar-refractivity contribution in [1.82, 2.24) is 20.0 Å². The summed E-state index contributed by atoms with van der Waals surface area (Å²) in [7, 11) is 0. The molecule has 0 N–H and O–H groups in total. The highest BCUT2D eigenvalue weighted by atomic mass is 16.5. The standard InChI is InChI=1S/C17H20N4O2/c1-13-6-2-3-7-14(13)12-23-17(22)16-11-21(20-19-16)10-15-8-4-5-9-18-15/h2-5,8-9,11,13-14H,6-7,10,12H2,1H3/t13-,14-/m0/s1. The lowest BCUT2D eigenvalue weighted by atomic mass is 9.85. The zero-order valence-electron chi connectivity index (χ0n) is 13.1. The first kappa shape index (κ1) is 15.4. The highest BCUT2D eigenvalue weighted by molar-refractivity contribution is 5.86. The van der Waals surface area contributed by atoms with Gasteiger partial charge in [0.15, 0.2) is 5.69 Å². The largest absolute Gasteiger partial charge is 0.461 e. The highest BCUT2D eigenvalue weighted by Gasteiger charge is 2.21. The van der Waals surface area contributed by atoms with Crippen LogP contribution >= 0.6 is 0 Å². The van der Waals surface area contributed by atoms with E-state index >= 15 is 0 Å². The molecule has 0 radical (unpaired) electrons. The molecular formula is C17H20N4O2. The van der Waals surface area contributed by atoms with Crippen LogP contribution < -0.4 is 0 Å². The van der Waals surface area contributed by atoms with Crippen molar-refractivity contribution in [3.63, 3.8) is 0 Å². The van der Waals surface area contributed by atoms with Gasteiger partial charge in [0.25, 0.3) is 0 Å². The summed E-state index contributed by atoms with van der Waals surface area (Å²) < 4.78 is 6.99. The van der Waals surface area contributed by atoms with Crippen LogP contribution in [-0.2, 0) is 11.3 Å². The van der Waals surface area contributed by atoms with Crippen molar-refractivity contribution in [2.45, 2.75) is 26.3 Å². The van der Waals surface area contributed by atoms with E-state index in [0.717, 1.165) is 18.5 Å². The number of carbonyl (C=O) groups is 1. The number of rotatable bonds is 5. The Morgan fingerprint density at radius 1 is 1.35 bits per heavy atom. The van der Waals surface area contributed by atoms with Crippen molar-refractivity contribution < 1.29 is 9.53 Å². The Morgan fingerprint density at radius 3 is 3.00 bits per heavy atom. The fraction of sp³-hybridized carbons (Fsp3) is 0.412. The van der Waals surface area contributed by atoms with Crippen LogP contribution in [0.2, 0.25) is 0 Å². The molecular weight excluding hydrogens is 292 g/mol. The molecule has 2 heterocycles. The average Bonchev–Trinajstić information content (AvgIpc) is 3.03. The summed E-state index contributed by atoms with van der Waals surface area (Å²) in [6, 6.07) is 5.67. The van der Waals surface area contributed by atoms with E-state index < -0.39 is 5.97 Å². The number of aromatic nitrogens is 4. The van der Waals surface area contributed by atoms with Crippen LogP contribution in [0.5, 0.6) is 0 Å². The third-order valence-electron chi connectivity index (χ3n) is 4.14. The van der Waals surface area contributed by atoms with E-state index in [0.29, 0.717) is 25.0 Å². The van der Waals surface area contributed by atoms with Crippen molar-refractivity contribution in [1.29, 1.82) is 0 Å². The Hall–Kier alpha value is -2.50. The van der Waals surface area contributed by atoms with Gasteiger partial charge in [-0.1, -0.05) is 30.4 Å². The molecule has 23 heavy (non-hydrogen) atoms. The minimum atomic E-state index is -0.418. The van der Waals surface area contributed by atoms with Crippen LogP contribution in [0.15, 0.2) is 42.7 Å². The van der Waals surface area contributed by atoms with Crippen molar-refractivity contribution in [2.24, 2.45) is 11.8 Å². The lowest BCUT2D eigenvalue weighted by Crippen LogP contribution is -2.21. The van der Waals surface area contributed by atoms with E-state index in [9.17, 15) is 4.79 Å². The smallest absolute Gasteiger partial charge is 0.360 e. The molecule has 1 aliphatic rings. The number of hydrogen-bond donors (Lipinski definition) is 0. The number of carbonyl (C=O) groups excluding carboxylic acids is 1. The van der Waals surface area contributed by atoms with Gasteiger partial charge in [-0.05, 0) is 36.8 Å². The van der Waals surface area contributed by atoms with E-state index in [1.54, 1.807) is 17.1 Å². The first-order valence-electron chi connectivity index (χ1n) is 7.84. The number of allylic oxidation sites excluding steroid dienone is 2. The minimum absolute atomic E-state index is 0.236. The number of hydrogen-bond acceptors (Lipinski definition) is 5. The summed E-state index contributed by atoms with van der Waals surface area (Å²) >= 11 is 0. The van der Waals surface area contributed by atoms with Crippen LogP contribution in [-0.4, -0.2) is 32.6 Å². The Bertz CT molecular complexity index is 681.